The molecule has 0 saturated heterocycles. The molecule has 4 rings (SSSR count). The predicted octanol–water partition coefficient (Wildman–Crippen LogP) is 5.17. The van der Waals surface area contributed by atoms with Gasteiger partial charge < -0.3 is 30.6 Å². The van der Waals surface area contributed by atoms with Crippen LogP contribution in [0.2, 0.25) is 0 Å². The van der Waals surface area contributed by atoms with Gasteiger partial charge in [-0.05, 0) is 38.8 Å². The quantitative estimate of drug-likeness (QED) is 0.188. The normalized spacial score (nSPS) is 17.4. The summed E-state index contributed by atoms with van der Waals surface area (Å²) in [7, 11) is 1.30. The largest absolute Gasteiger partial charge is 0.573 e. The van der Waals surface area contributed by atoms with Gasteiger partial charge in [-0.3, -0.25) is 4.79 Å². The number of hydrogen-bond acceptors (Lipinski definition) is 9. The molecule has 0 radical (unpaired) electrons. The van der Waals surface area contributed by atoms with Gasteiger partial charge in [-0.25, -0.2) is 18.7 Å². The van der Waals surface area contributed by atoms with Crippen LogP contribution >= 0.6 is 0 Å². The number of nitrogens with one attached hydrogen (secondary N) is 2. The Balaban J connectivity index is 1.86. The van der Waals surface area contributed by atoms with E-state index in [1.807, 2.05) is 6.92 Å². The second-order valence-electron chi connectivity index (χ2n) is 9.77. The molecule has 1 aromatic carbocycles. The Hall–Kier alpha value is -3.94. The highest BCUT2D eigenvalue weighted by molar-refractivity contribution is 6.01. The molecule has 0 amide bonds. The van der Waals surface area contributed by atoms with E-state index >= 15 is 4.39 Å². The summed E-state index contributed by atoms with van der Waals surface area (Å²) >= 11 is 0. The van der Waals surface area contributed by atoms with Crippen molar-refractivity contribution >= 4 is 28.2 Å². The molecule has 2 aromatic heterocycles. The fourth-order valence-electron chi connectivity index (χ4n) is 4.75. The van der Waals surface area contributed by atoms with E-state index < -0.39 is 59.2 Å². The zero-order valence-corrected chi connectivity index (χ0v) is 23.0. The number of benzene rings is 1. The number of aryl methyl sites for hydroxylation is 2. The molecule has 0 fully saturated rings. The molecule has 1 aliphatic rings. The van der Waals surface area contributed by atoms with E-state index in [1.165, 1.54) is 7.11 Å². The molecule has 3 unspecified atom stereocenters. The number of aromatic nitrogens is 2. The molecule has 0 saturated carbocycles. The number of carbonyl (C=O) groups is 1. The lowest BCUT2D eigenvalue weighted by Gasteiger charge is -2.26. The Morgan fingerprint density at radius 1 is 1.22 bits per heavy atom. The van der Waals surface area contributed by atoms with Crippen molar-refractivity contribution in [2.75, 3.05) is 24.7 Å². The molecule has 0 aliphatic carbocycles. The van der Waals surface area contributed by atoms with E-state index in [2.05, 4.69) is 25.3 Å². The third kappa shape index (κ3) is 6.06. The number of rotatable bonds is 8. The number of nitrogens with zero attached hydrogens (tertiary/aromatic N) is 2. The van der Waals surface area contributed by atoms with Crippen molar-refractivity contribution < 1.29 is 41.0 Å². The summed E-state index contributed by atoms with van der Waals surface area (Å²) in [6, 6.07) is 0.497. The highest BCUT2D eigenvalue weighted by Crippen LogP contribution is 2.44. The third-order valence-electron chi connectivity index (χ3n) is 6.91. The maximum Gasteiger partial charge on any atom is 0.573 e. The monoisotopic (exact) mass is 583 g/mol. The maximum absolute atomic E-state index is 16.2. The second-order valence-corrected chi connectivity index (χ2v) is 9.77. The highest BCUT2D eigenvalue weighted by Gasteiger charge is 2.36. The van der Waals surface area contributed by atoms with Crippen molar-refractivity contribution in [1.82, 2.24) is 15.3 Å². The van der Waals surface area contributed by atoms with Crippen molar-refractivity contribution in [3.05, 3.63) is 35.0 Å². The minimum Gasteiger partial charge on any atom is -0.472 e. The van der Waals surface area contributed by atoms with Crippen LogP contribution in [0.3, 0.4) is 0 Å². The Kier molecular flexibility index (Phi) is 8.43. The summed E-state index contributed by atoms with van der Waals surface area (Å²) in [4.78, 5) is 21.0. The second kappa shape index (κ2) is 11.5. The molecule has 3 atom stereocenters. The average Bonchev–Trinajstić information content (AvgIpc) is 3.01. The van der Waals surface area contributed by atoms with E-state index in [0.717, 1.165) is 12.5 Å². The van der Waals surface area contributed by atoms with Crippen molar-refractivity contribution in [1.29, 1.82) is 0 Å². The van der Waals surface area contributed by atoms with Crippen LogP contribution in [0.5, 0.6) is 11.6 Å². The van der Waals surface area contributed by atoms with E-state index in [-0.39, 0.29) is 34.7 Å². The van der Waals surface area contributed by atoms with Crippen LogP contribution in [-0.2, 0) is 9.53 Å². The SMILES string of the molecule is CCCC(NCC1Nc2nc(C)c(C)c3c(F)c(-c4cc(N)cc(F)c4OC(F)(F)F)nc(c23)OC1C)C(=O)OC. The first kappa shape index (κ1) is 30.0. The Bertz CT molecular complexity index is 1480. The number of anilines is 2. The first-order valence-electron chi connectivity index (χ1n) is 12.9. The number of alkyl halides is 3. The van der Waals surface area contributed by atoms with Gasteiger partial charge in [0.25, 0.3) is 0 Å². The summed E-state index contributed by atoms with van der Waals surface area (Å²) in [5, 5.41) is 6.52. The minimum atomic E-state index is -5.27. The van der Waals surface area contributed by atoms with Gasteiger partial charge in [0.05, 0.1) is 24.1 Å². The zero-order valence-electron chi connectivity index (χ0n) is 23.0. The lowest BCUT2D eigenvalue weighted by molar-refractivity contribution is -0.275. The standard InChI is InChI=1S/C27H30F5N5O4/c1-6-7-17(26(38)39-5)34-10-18-13(4)40-25-20-19(11(2)12(3)35-24(20)36-18)21(29)22(37-25)15-8-14(33)9-16(28)23(15)41-27(30,31)32/h8-9,13,17-18,34H,6-7,10,33H2,1-5H3,(H,35,36). The zero-order chi connectivity index (χ0) is 30.2. The Morgan fingerprint density at radius 3 is 2.56 bits per heavy atom. The summed E-state index contributed by atoms with van der Waals surface area (Å²) in [5.74, 6) is -4.09. The molecular formula is C27H30F5N5O4. The van der Waals surface area contributed by atoms with Gasteiger partial charge in [0.1, 0.15) is 23.7 Å². The van der Waals surface area contributed by atoms with Crippen molar-refractivity contribution in [3.8, 4) is 22.9 Å². The highest BCUT2D eigenvalue weighted by atomic mass is 19.4. The Labute approximate surface area is 232 Å². The van der Waals surface area contributed by atoms with Gasteiger partial charge in [0, 0.05) is 29.4 Å². The van der Waals surface area contributed by atoms with Crippen molar-refractivity contribution in [2.24, 2.45) is 0 Å². The van der Waals surface area contributed by atoms with Crippen molar-refractivity contribution in [3.63, 3.8) is 0 Å². The van der Waals surface area contributed by atoms with Crippen LogP contribution in [-0.4, -0.2) is 54.1 Å². The molecule has 4 N–H and O–H groups in total. The molecule has 3 aromatic rings. The van der Waals surface area contributed by atoms with E-state index in [9.17, 15) is 22.4 Å². The number of carbonyl (C=O) groups excluding carboxylic acids is 1. The van der Waals surface area contributed by atoms with Crippen LogP contribution in [0.15, 0.2) is 12.1 Å². The number of ether oxygens (including phenoxy) is 3. The molecule has 14 heteroatoms. The topological polar surface area (TPSA) is 121 Å². The molecule has 3 heterocycles. The molecule has 0 bridgehead atoms. The number of nitrogens with two attached hydrogens (primary N) is 1. The van der Waals surface area contributed by atoms with E-state index in [4.69, 9.17) is 15.2 Å². The predicted molar refractivity (Wildman–Crippen MR) is 142 cm³/mol. The van der Waals surface area contributed by atoms with Gasteiger partial charge in [-0.2, -0.15) is 0 Å². The van der Waals surface area contributed by atoms with Gasteiger partial charge in [0.2, 0.25) is 5.88 Å². The number of methoxy groups -OCH3 is 1. The fourth-order valence-corrected chi connectivity index (χ4v) is 4.75. The number of halogens is 5. The minimum absolute atomic E-state index is 0.0278. The average molecular weight is 584 g/mol. The van der Waals surface area contributed by atoms with Gasteiger partial charge in [-0.1, -0.05) is 13.3 Å². The number of nitrogen functional groups attached to an aromatic ring is 1. The van der Waals surface area contributed by atoms with E-state index in [0.29, 0.717) is 23.7 Å². The summed E-state index contributed by atoms with van der Waals surface area (Å²) < 4.78 is 85.4. The molecule has 1 aliphatic heterocycles. The van der Waals surface area contributed by atoms with Gasteiger partial charge >= 0.3 is 12.3 Å². The fraction of sp³-hybridized carbons (Fsp3) is 0.444. The van der Waals surface area contributed by atoms with Crippen LogP contribution in [0.1, 0.15) is 37.9 Å². The molecule has 0 spiro atoms. The molecule has 222 valence electrons. The van der Waals surface area contributed by atoms with Crippen LogP contribution in [0.4, 0.5) is 33.5 Å². The van der Waals surface area contributed by atoms with Crippen molar-refractivity contribution in [2.45, 2.75) is 65.1 Å². The summed E-state index contributed by atoms with van der Waals surface area (Å²) in [5.41, 5.74) is 4.95. The molecular weight excluding hydrogens is 553 g/mol. The van der Waals surface area contributed by atoms with Crippen LogP contribution in [0.25, 0.3) is 22.0 Å². The van der Waals surface area contributed by atoms with Crippen LogP contribution < -0.4 is 25.8 Å². The first-order valence-corrected chi connectivity index (χ1v) is 12.9. The summed E-state index contributed by atoms with van der Waals surface area (Å²) in [6.07, 6.45) is -4.69. The maximum atomic E-state index is 16.2. The smallest absolute Gasteiger partial charge is 0.472 e. The van der Waals surface area contributed by atoms with Gasteiger partial charge in [0.15, 0.2) is 17.4 Å². The number of pyridine rings is 2. The lowest BCUT2D eigenvalue weighted by atomic mass is 10.0. The van der Waals surface area contributed by atoms with Crippen LogP contribution in [0, 0.1) is 25.5 Å². The van der Waals surface area contributed by atoms with Gasteiger partial charge in [-0.15, -0.1) is 13.2 Å². The molecule has 41 heavy (non-hydrogen) atoms. The number of esters is 1. The van der Waals surface area contributed by atoms with E-state index in [1.54, 1.807) is 20.8 Å². The Morgan fingerprint density at radius 2 is 1.93 bits per heavy atom. The first-order chi connectivity index (χ1) is 19.2. The summed E-state index contributed by atoms with van der Waals surface area (Å²) in [6.45, 7) is 7.07. The third-order valence-corrected chi connectivity index (χ3v) is 6.91. The molecule has 9 nitrogen and oxygen atoms in total. The number of hydrogen-bond donors (Lipinski definition) is 3. The lowest BCUT2D eigenvalue weighted by Crippen LogP contribution is -2.48.